The molecule has 0 saturated carbocycles. The van der Waals surface area contributed by atoms with Crippen LogP contribution in [0.15, 0.2) is 0 Å². The van der Waals surface area contributed by atoms with Crippen molar-refractivity contribution in [1.29, 1.82) is 0 Å². The van der Waals surface area contributed by atoms with Crippen LogP contribution in [0.5, 0.6) is 0 Å². The van der Waals surface area contributed by atoms with E-state index in [1.807, 2.05) is 0 Å². The molecule has 0 amide bonds. The number of hydrogen-bond donors (Lipinski definition) is 1. The molecule has 1 N–H and O–H groups in total. The molecule has 1 rings (SSSR count). The van der Waals surface area contributed by atoms with Gasteiger partial charge in [0.1, 0.15) is 12.8 Å². The number of nitro groups is 1. The summed E-state index contributed by atoms with van der Waals surface area (Å²) in [5.41, 5.74) is -2.34. The Labute approximate surface area is 90.3 Å². The van der Waals surface area contributed by atoms with Gasteiger partial charge >= 0.3 is 0 Å². The Kier molecular flexibility index (Phi) is 3.76. The third-order valence-corrected chi connectivity index (χ3v) is 2.83. The van der Waals surface area contributed by atoms with Crippen LogP contribution in [0.25, 0.3) is 0 Å². The lowest BCUT2D eigenvalue weighted by atomic mass is 9.84. The first kappa shape index (κ1) is 13.2. The Bertz CT molecular complexity index is 261. The topological polar surface area (TPSA) is 81.8 Å². The van der Waals surface area contributed by atoms with Gasteiger partial charge in [0, 0.05) is 19.0 Å². The molecule has 1 fully saturated rings. The lowest BCUT2D eigenvalue weighted by molar-refractivity contribution is -0.605. The molecule has 0 aliphatic carbocycles. The van der Waals surface area contributed by atoms with Crippen molar-refractivity contribution in [2.45, 2.75) is 37.1 Å². The summed E-state index contributed by atoms with van der Waals surface area (Å²) in [6.45, 7) is -0.323. The van der Waals surface area contributed by atoms with Gasteiger partial charge in [-0.15, -0.1) is 0 Å². The van der Waals surface area contributed by atoms with Gasteiger partial charge in [0.05, 0.1) is 0 Å². The molecule has 0 aromatic carbocycles. The smallest absolute Gasteiger partial charge is 0.283 e. The standard InChI is InChI=1S/C8H13F2NO5/c1-8(11(13)14)5(10)4(3-9)16-7(15-2)6(8)12/h4-7,12H,3H2,1-2H3/t4-,5+,6+,7-,8-/m0/s1. The van der Waals surface area contributed by atoms with Crippen molar-refractivity contribution in [2.75, 3.05) is 13.8 Å². The molecular weight excluding hydrogens is 228 g/mol. The van der Waals surface area contributed by atoms with Crippen molar-refractivity contribution in [3.8, 4) is 0 Å². The second-order valence-electron chi connectivity index (χ2n) is 3.76. The third kappa shape index (κ3) is 1.76. The largest absolute Gasteiger partial charge is 0.381 e. The number of methoxy groups -OCH3 is 1. The Morgan fingerprint density at radius 2 is 2.25 bits per heavy atom. The monoisotopic (exact) mass is 241 g/mol. The van der Waals surface area contributed by atoms with E-state index in [0.29, 0.717) is 0 Å². The molecule has 1 aliphatic rings. The van der Waals surface area contributed by atoms with E-state index in [1.54, 1.807) is 0 Å². The van der Waals surface area contributed by atoms with Crippen LogP contribution in [0.3, 0.4) is 0 Å². The highest BCUT2D eigenvalue weighted by Crippen LogP contribution is 2.34. The minimum Gasteiger partial charge on any atom is -0.381 e. The van der Waals surface area contributed by atoms with E-state index in [4.69, 9.17) is 4.74 Å². The zero-order chi connectivity index (χ0) is 12.5. The Balaban J connectivity index is 3.06. The van der Waals surface area contributed by atoms with Gasteiger partial charge in [-0.05, 0) is 0 Å². The summed E-state index contributed by atoms with van der Waals surface area (Å²) >= 11 is 0. The maximum Gasteiger partial charge on any atom is 0.283 e. The fourth-order valence-corrected chi connectivity index (χ4v) is 1.64. The van der Waals surface area contributed by atoms with Gasteiger partial charge in [-0.3, -0.25) is 10.1 Å². The van der Waals surface area contributed by atoms with Crippen molar-refractivity contribution in [3.63, 3.8) is 0 Å². The summed E-state index contributed by atoms with van der Waals surface area (Å²) in [6, 6.07) is 0. The predicted octanol–water partition coefficient (Wildman–Crippen LogP) is 0.0616. The summed E-state index contributed by atoms with van der Waals surface area (Å²) in [7, 11) is 1.13. The van der Waals surface area contributed by atoms with Gasteiger partial charge in [0.15, 0.2) is 12.4 Å². The lowest BCUT2D eigenvalue weighted by Crippen LogP contribution is -2.67. The lowest BCUT2D eigenvalue weighted by Gasteiger charge is -2.41. The van der Waals surface area contributed by atoms with Crippen LogP contribution in [0.4, 0.5) is 8.78 Å². The quantitative estimate of drug-likeness (QED) is 0.558. The number of ether oxygens (including phenoxy) is 2. The second-order valence-corrected chi connectivity index (χ2v) is 3.76. The SMILES string of the molecule is CO[C@H]1O[C@@H](CF)[C@@H](F)[C@](C)([N+](=O)[O-])[C@@H]1O. The van der Waals surface area contributed by atoms with Crippen molar-refractivity contribution in [1.82, 2.24) is 0 Å². The molecule has 5 atom stereocenters. The Morgan fingerprint density at radius 1 is 1.69 bits per heavy atom. The Morgan fingerprint density at radius 3 is 2.62 bits per heavy atom. The summed E-state index contributed by atoms with van der Waals surface area (Å²) in [5, 5.41) is 20.4. The second kappa shape index (κ2) is 4.56. The number of hydrogen-bond acceptors (Lipinski definition) is 5. The van der Waals surface area contributed by atoms with Crippen molar-refractivity contribution in [2.24, 2.45) is 0 Å². The minimum atomic E-state index is -2.34. The van der Waals surface area contributed by atoms with Crippen molar-refractivity contribution >= 4 is 0 Å². The fourth-order valence-electron chi connectivity index (χ4n) is 1.64. The van der Waals surface area contributed by atoms with E-state index in [1.165, 1.54) is 0 Å². The first-order chi connectivity index (χ1) is 7.39. The molecule has 1 aliphatic heterocycles. The van der Waals surface area contributed by atoms with E-state index >= 15 is 0 Å². The molecule has 0 bridgehead atoms. The average Bonchev–Trinajstić information content (AvgIpc) is 2.26. The molecule has 0 aromatic heterocycles. The van der Waals surface area contributed by atoms with E-state index < -0.39 is 41.8 Å². The van der Waals surface area contributed by atoms with E-state index in [0.717, 1.165) is 14.0 Å². The normalized spacial score (nSPS) is 44.3. The van der Waals surface area contributed by atoms with Crippen LogP contribution in [-0.4, -0.2) is 54.0 Å². The third-order valence-electron chi connectivity index (χ3n) is 2.83. The highest BCUT2D eigenvalue weighted by atomic mass is 19.1. The summed E-state index contributed by atoms with van der Waals surface area (Å²) in [4.78, 5) is 9.82. The van der Waals surface area contributed by atoms with Crippen LogP contribution in [0.2, 0.25) is 0 Å². The molecular formula is C8H13F2NO5. The zero-order valence-corrected chi connectivity index (χ0v) is 8.80. The maximum atomic E-state index is 13.7. The van der Waals surface area contributed by atoms with E-state index in [-0.39, 0.29) is 0 Å². The number of nitrogens with zero attached hydrogens (tertiary/aromatic N) is 1. The first-order valence-electron chi connectivity index (χ1n) is 4.60. The molecule has 1 heterocycles. The molecule has 8 heteroatoms. The molecule has 0 unspecified atom stereocenters. The van der Waals surface area contributed by atoms with Crippen LogP contribution < -0.4 is 0 Å². The predicted molar refractivity (Wildman–Crippen MR) is 47.9 cm³/mol. The molecule has 16 heavy (non-hydrogen) atoms. The summed E-state index contributed by atoms with van der Waals surface area (Å²) < 4.78 is 35.5. The van der Waals surface area contributed by atoms with Crippen LogP contribution in [-0.2, 0) is 9.47 Å². The number of aliphatic hydroxyl groups excluding tert-OH is 1. The maximum absolute atomic E-state index is 13.7. The highest BCUT2D eigenvalue weighted by molar-refractivity contribution is 4.99. The molecule has 1 saturated heterocycles. The first-order valence-corrected chi connectivity index (χ1v) is 4.60. The van der Waals surface area contributed by atoms with Crippen molar-refractivity contribution in [3.05, 3.63) is 10.1 Å². The van der Waals surface area contributed by atoms with Crippen LogP contribution in [0.1, 0.15) is 6.92 Å². The molecule has 0 radical (unpaired) electrons. The van der Waals surface area contributed by atoms with Gasteiger partial charge in [-0.1, -0.05) is 0 Å². The number of rotatable bonds is 3. The molecule has 0 spiro atoms. The molecule has 94 valence electrons. The number of halogens is 2. The average molecular weight is 241 g/mol. The van der Waals surface area contributed by atoms with Crippen LogP contribution >= 0.6 is 0 Å². The van der Waals surface area contributed by atoms with Gasteiger partial charge in [-0.25, -0.2) is 8.78 Å². The van der Waals surface area contributed by atoms with Gasteiger partial charge < -0.3 is 14.6 Å². The molecule has 6 nitrogen and oxygen atoms in total. The fraction of sp³-hybridized carbons (Fsp3) is 1.00. The van der Waals surface area contributed by atoms with Gasteiger partial charge in [0.25, 0.3) is 5.54 Å². The van der Waals surface area contributed by atoms with Gasteiger partial charge in [0.2, 0.25) is 6.17 Å². The summed E-state index contributed by atoms with van der Waals surface area (Å²) in [5.74, 6) is 0. The van der Waals surface area contributed by atoms with Gasteiger partial charge in [-0.2, -0.15) is 0 Å². The number of aliphatic hydroxyl groups is 1. The van der Waals surface area contributed by atoms with Crippen LogP contribution in [0, 0.1) is 10.1 Å². The molecule has 0 aromatic rings. The Hall–Kier alpha value is -0.860. The van der Waals surface area contributed by atoms with E-state index in [9.17, 15) is 24.0 Å². The highest BCUT2D eigenvalue weighted by Gasteiger charge is 2.63. The number of alkyl halides is 2. The van der Waals surface area contributed by atoms with Crippen molar-refractivity contribution < 1.29 is 28.3 Å². The minimum absolute atomic E-state index is 0.902. The zero-order valence-electron chi connectivity index (χ0n) is 8.80. The van der Waals surface area contributed by atoms with E-state index in [2.05, 4.69) is 4.74 Å². The summed E-state index contributed by atoms with van der Waals surface area (Å²) in [6.07, 6.45) is -7.06.